The normalized spacial score (nSPS) is 29.6. The average molecular weight is 540 g/mol. The molecule has 3 aliphatic rings. The molecular weight excluding hydrogens is 503 g/mol. The summed E-state index contributed by atoms with van der Waals surface area (Å²) in [6.45, 7) is 2.02. The van der Waals surface area contributed by atoms with Gasteiger partial charge in [0.1, 0.15) is 5.75 Å². The monoisotopic (exact) mass is 539 g/mol. The van der Waals surface area contributed by atoms with Gasteiger partial charge in [-0.25, -0.2) is 4.99 Å². The van der Waals surface area contributed by atoms with E-state index in [1.807, 2.05) is 0 Å². The molecule has 13 heteroatoms. The highest BCUT2D eigenvalue weighted by atomic mass is 19.4. The number of hydrogen-bond donors (Lipinski definition) is 3. The number of nitro groups is 1. The number of nitrogens with zero attached hydrogens (tertiary/aromatic N) is 4. The molecule has 1 aromatic rings. The summed E-state index contributed by atoms with van der Waals surface area (Å²) in [5.41, 5.74) is 5.13. The molecule has 1 unspecified atom stereocenters. The van der Waals surface area contributed by atoms with Crippen LogP contribution in [-0.2, 0) is 6.54 Å². The maximum atomic E-state index is 12.7. The highest BCUT2D eigenvalue weighted by molar-refractivity contribution is 5.83. The lowest BCUT2D eigenvalue weighted by Crippen LogP contribution is -2.64. The van der Waals surface area contributed by atoms with Crippen LogP contribution in [0.5, 0.6) is 5.75 Å². The van der Waals surface area contributed by atoms with Crippen LogP contribution in [0.2, 0.25) is 0 Å². The Morgan fingerprint density at radius 1 is 1.24 bits per heavy atom. The lowest BCUT2D eigenvalue weighted by molar-refractivity contribution is -0.437. The molecule has 210 valence electrons. The van der Waals surface area contributed by atoms with E-state index in [9.17, 15) is 23.3 Å². The van der Waals surface area contributed by atoms with Gasteiger partial charge in [-0.3, -0.25) is 20.7 Å². The van der Waals surface area contributed by atoms with Gasteiger partial charge in [0.05, 0.1) is 17.7 Å². The number of guanidine groups is 1. The van der Waals surface area contributed by atoms with Crippen molar-refractivity contribution in [3.8, 4) is 5.75 Å². The number of para-hydroxylation sites is 1. The Morgan fingerprint density at radius 3 is 2.58 bits per heavy atom. The largest absolute Gasteiger partial charge is 0.573 e. The molecule has 4 rings (SSSR count). The second kappa shape index (κ2) is 11.5. The van der Waals surface area contributed by atoms with Gasteiger partial charge in [-0.1, -0.05) is 18.2 Å². The molecule has 0 radical (unpaired) electrons. The van der Waals surface area contributed by atoms with E-state index < -0.39 is 16.9 Å². The third-order valence-corrected chi connectivity index (χ3v) is 7.82. The van der Waals surface area contributed by atoms with Gasteiger partial charge in [0.2, 0.25) is 0 Å². The Labute approximate surface area is 220 Å². The number of likely N-dealkylation sites (tertiary alicyclic amines) is 1. The molecule has 38 heavy (non-hydrogen) atoms. The molecule has 0 bridgehead atoms. The molecule has 0 spiro atoms. The van der Waals surface area contributed by atoms with E-state index in [1.54, 1.807) is 6.07 Å². The molecule has 2 aliphatic heterocycles. The number of nitrogens with one attached hydrogen (secondary N) is 2. The van der Waals surface area contributed by atoms with Crippen LogP contribution in [0.1, 0.15) is 44.1 Å². The molecule has 0 amide bonds. The SMILES string of the molecule is CN(C)[C@@H]1CCN(C2CCC(CC3(N)NC(=NCc4ccccc4OC(F)(F)F)NC=C3[N+](=O)[O-])CC2)C1. The van der Waals surface area contributed by atoms with Crippen LogP contribution in [0.15, 0.2) is 41.2 Å². The van der Waals surface area contributed by atoms with Crippen molar-refractivity contribution in [1.29, 1.82) is 0 Å². The van der Waals surface area contributed by atoms with Gasteiger partial charge in [0.15, 0.2) is 11.6 Å². The number of halogens is 3. The van der Waals surface area contributed by atoms with Crippen LogP contribution < -0.4 is 21.1 Å². The van der Waals surface area contributed by atoms with Crippen molar-refractivity contribution in [1.82, 2.24) is 20.4 Å². The zero-order valence-corrected chi connectivity index (χ0v) is 21.7. The highest BCUT2D eigenvalue weighted by Gasteiger charge is 2.45. The minimum atomic E-state index is -4.83. The van der Waals surface area contributed by atoms with Gasteiger partial charge in [0, 0.05) is 30.7 Å². The summed E-state index contributed by atoms with van der Waals surface area (Å²) < 4.78 is 42.3. The molecule has 2 fully saturated rings. The summed E-state index contributed by atoms with van der Waals surface area (Å²) in [5, 5.41) is 17.5. The summed E-state index contributed by atoms with van der Waals surface area (Å²) in [7, 11) is 4.23. The maximum Gasteiger partial charge on any atom is 0.573 e. The summed E-state index contributed by atoms with van der Waals surface area (Å²) in [5.74, 6) is -0.00707. The van der Waals surface area contributed by atoms with Crippen LogP contribution in [-0.4, -0.2) is 72.0 Å². The predicted molar refractivity (Wildman–Crippen MR) is 137 cm³/mol. The van der Waals surface area contributed by atoms with E-state index >= 15 is 0 Å². The van der Waals surface area contributed by atoms with Crippen LogP contribution in [0.3, 0.4) is 0 Å². The van der Waals surface area contributed by atoms with Gasteiger partial charge >= 0.3 is 12.1 Å². The van der Waals surface area contributed by atoms with Gasteiger partial charge < -0.3 is 20.3 Å². The smallest absolute Gasteiger partial charge is 0.405 e. The minimum Gasteiger partial charge on any atom is -0.405 e. The molecule has 1 saturated heterocycles. The van der Waals surface area contributed by atoms with Crippen LogP contribution in [0, 0.1) is 16.0 Å². The number of alkyl halides is 3. The van der Waals surface area contributed by atoms with E-state index in [2.05, 4.69) is 44.3 Å². The first-order valence-corrected chi connectivity index (χ1v) is 12.9. The van der Waals surface area contributed by atoms with Crippen LogP contribution in [0.4, 0.5) is 13.2 Å². The quantitative estimate of drug-likeness (QED) is 0.341. The topological polar surface area (TPSA) is 121 Å². The summed E-state index contributed by atoms with van der Waals surface area (Å²) in [6, 6.07) is 6.80. The number of rotatable bonds is 8. The third-order valence-electron chi connectivity index (χ3n) is 7.82. The van der Waals surface area contributed by atoms with E-state index in [0.29, 0.717) is 18.5 Å². The fraction of sp³-hybridized carbons (Fsp3) is 0.640. The van der Waals surface area contributed by atoms with Gasteiger partial charge in [-0.15, -0.1) is 13.2 Å². The third kappa shape index (κ3) is 6.94. The first-order valence-electron chi connectivity index (χ1n) is 12.9. The lowest BCUT2D eigenvalue weighted by Gasteiger charge is -2.39. The van der Waals surface area contributed by atoms with E-state index in [1.165, 1.54) is 30.8 Å². The Balaban J connectivity index is 1.40. The van der Waals surface area contributed by atoms with E-state index in [4.69, 9.17) is 5.73 Å². The molecule has 1 saturated carbocycles. The molecule has 2 heterocycles. The summed E-state index contributed by atoms with van der Waals surface area (Å²) in [6.07, 6.45) is 1.78. The Morgan fingerprint density at radius 2 is 1.95 bits per heavy atom. The van der Waals surface area contributed by atoms with Crippen molar-refractivity contribution in [2.45, 2.75) is 69.2 Å². The van der Waals surface area contributed by atoms with Crippen LogP contribution in [0.25, 0.3) is 0 Å². The second-order valence-electron chi connectivity index (χ2n) is 10.6. The fourth-order valence-corrected chi connectivity index (χ4v) is 5.75. The van der Waals surface area contributed by atoms with Crippen molar-refractivity contribution in [3.63, 3.8) is 0 Å². The van der Waals surface area contributed by atoms with Crippen molar-refractivity contribution >= 4 is 5.96 Å². The fourth-order valence-electron chi connectivity index (χ4n) is 5.75. The number of ether oxygens (including phenoxy) is 1. The lowest BCUT2D eigenvalue weighted by atomic mass is 9.79. The van der Waals surface area contributed by atoms with Crippen LogP contribution >= 0.6 is 0 Å². The molecule has 4 N–H and O–H groups in total. The zero-order chi connectivity index (χ0) is 27.5. The Kier molecular flexibility index (Phi) is 8.48. The maximum absolute atomic E-state index is 12.7. The molecule has 2 atom stereocenters. The average Bonchev–Trinajstić information content (AvgIpc) is 3.33. The predicted octanol–water partition coefficient (Wildman–Crippen LogP) is 2.99. The number of hydrogen-bond acceptors (Lipinski definition) is 7. The van der Waals surface area contributed by atoms with E-state index in [-0.39, 0.29) is 35.4 Å². The molecular formula is C25H36F3N7O3. The summed E-state index contributed by atoms with van der Waals surface area (Å²) >= 11 is 0. The highest BCUT2D eigenvalue weighted by Crippen LogP contribution is 2.35. The van der Waals surface area contributed by atoms with Crippen molar-refractivity contribution < 1.29 is 22.8 Å². The van der Waals surface area contributed by atoms with Gasteiger partial charge in [-0.2, -0.15) is 0 Å². The molecule has 1 aromatic carbocycles. The first kappa shape index (κ1) is 28.1. The number of likely N-dealkylation sites (N-methyl/N-ethyl adjacent to an activating group) is 1. The Bertz CT molecular complexity index is 1060. The first-order chi connectivity index (χ1) is 17.9. The van der Waals surface area contributed by atoms with Crippen molar-refractivity contribution in [3.05, 3.63) is 51.8 Å². The minimum absolute atomic E-state index is 0.145. The number of nitrogens with two attached hydrogens (primary N) is 1. The zero-order valence-electron chi connectivity index (χ0n) is 21.7. The molecule has 1 aliphatic carbocycles. The summed E-state index contributed by atoms with van der Waals surface area (Å²) in [4.78, 5) is 20.4. The van der Waals surface area contributed by atoms with Crippen molar-refractivity contribution in [2.24, 2.45) is 16.6 Å². The van der Waals surface area contributed by atoms with Gasteiger partial charge in [-0.05, 0) is 64.6 Å². The molecule has 0 aromatic heterocycles. The van der Waals surface area contributed by atoms with E-state index in [0.717, 1.165) is 38.8 Å². The van der Waals surface area contributed by atoms with Crippen molar-refractivity contribution in [2.75, 3.05) is 27.2 Å². The Hall–Kier alpha value is -2.90. The van der Waals surface area contributed by atoms with Gasteiger partial charge in [0.25, 0.3) is 0 Å². The second-order valence-corrected chi connectivity index (χ2v) is 10.6. The number of aliphatic imine (C=N–C) groups is 1. The molecule has 10 nitrogen and oxygen atoms in total. The standard InChI is InChI=1S/C25H36F3N7O3/c1-33(2)20-11-12-34(16-20)19-9-7-17(8-10-19)13-24(29)22(35(36)37)15-31-23(32-24)30-14-18-5-3-4-6-21(18)38-25(26,27)28/h3-6,15,17,19-20H,7-14,16,29H2,1-2H3,(H2,30,31,32)/t17?,19?,20-,24?/m1/s1. The number of benzene rings is 1.